The summed E-state index contributed by atoms with van der Waals surface area (Å²) in [5, 5.41) is 0.714. The van der Waals surface area contributed by atoms with Crippen LogP contribution in [-0.4, -0.2) is 53.0 Å². The van der Waals surface area contributed by atoms with Gasteiger partial charge in [0, 0.05) is 29.8 Å². The fourth-order valence-corrected chi connectivity index (χ4v) is 4.16. The summed E-state index contributed by atoms with van der Waals surface area (Å²) in [5.74, 6) is 4.45. The van der Waals surface area contributed by atoms with Crippen LogP contribution < -0.4 is 5.73 Å². The van der Waals surface area contributed by atoms with Gasteiger partial charge in [-0.1, -0.05) is 6.42 Å². The zero-order valence-electron chi connectivity index (χ0n) is 10.1. The molecule has 0 radical (unpaired) electrons. The van der Waals surface area contributed by atoms with Crippen LogP contribution in [0.25, 0.3) is 0 Å². The molecule has 0 bridgehead atoms. The SMILES string of the molecule is I.NC(=NCC1CCCCS1)N1CCSCC1. The summed E-state index contributed by atoms with van der Waals surface area (Å²) in [6.45, 7) is 3.05. The molecule has 0 aromatic rings. The Morgan fingerprint density at radius 1 is 1.24 bits per heavy atom. The first kappa shape index (κ1) is 15.8. The lowest BCUT2D eigenvalue weighted by atomic mass is 10.2. The van der Waals surface area contributed by atoms with E-state index in [1.807, 2.05) is 11.8 Å². The predicted molar refractivity (Wildman–Crippen MR) is 90.9 cm³/mol. The van der Waals surface area contributed by atoms with Crippen molar-refractivity contribution < 1.29 is 0 Å². The maximum absolute atomic E-state index is 6.02. The first-order chi connectivity index (χ1) is 7.86. The molecule has 6 heteroatoms. The Morgan fingerprint density at radius 3 is 2.65 bits per heavy atom. The standard InChI is InChI=1S/C11H21N3S2.HI/c12-11(14-4-7-15-8-5-14)13-9-10-3-1-2-6-16-10;/h10H,1-9H2,(H2,12,13);1H. The molecule has 0 aromatic heterocycles. The van der Waals surface area contributed by atoms with Crippen molar-refractivity contribution in [2.45, 2.75) is 24.5 Å². The number of hydrogen-bond acceptors (Lipinski definition) is 3. The lowest BCUT2D eigenvalue weighted by Crippen LogP contribution is -2.43. The summed E-state index contributed by atoms with van der Waals surface area (Å²) in [4.78, 5) is 6.79. The van der Waals surface area contributed by atoms with Crippen LogP contribution in [0.2, 0.25) is 0 Å². The second kappa shape index (κ2) is 8.74. The summed E-state index contributed by atoms with van der Waals surface area (Å²) in [6.07, 6.45) is 4.06. The molecule has 0 aromatic carbocycles. The van der Waals surface area contributed by atoms with Crippen molar-refractivity contribution in [3.8, 4) is 0 Å². The minimum atomic E-state index is 0. The molecule has 1 unspecified atom stereocenters. The molecule has 0 aliphatic carbocycles. The van der Waals surface area contributed by atoms with E-state index in [4.69, 9.17) is 5.73 Å². The van der Waals surface area contributed by atoms with Crippen molar-refractivity contribution in [2.75, 3.05) is 36.9 Å². The predicted octanol–water partition coefficient (Wildman–Crippen LogP) is 2.25. The van der Waals surface area contributed by atoms with Gasteiger partial charge < -0.3 is 10.6 Å². The largest absolute Gasteiger partial charge is 0.370 e. The van der Waals surface area contributed by atoms with Gasteiger partial charge in [0.2, 0.25) is 0 Å². The van der Waals surface area contributed by atoms with Crippen LogP contribution in [0.4, 0.5) is 0 Å². The van der Waals surface area contributed by atoms with E-state index >= 15 is 0 Å². The molecular formula is C11H22IN3S2. The van der Waals surface area contributed by atoms with Gasteiger partial charge in [-0.2, -0.15) is 23.5 Å². The third-order valence-corrected chi connectivity index (χ3v) is 5.39. The third kappa shape index (κ3) is 5.46. The van der Waals surface area contributed by atoms with Crippen LogP contribution in [0, 0.1) is 0 Å². The summed E-state index contributed by atoms with van der Waals surface area (Å²) in [6, 6.07) is 0. The van der Waals surface area contributed by atoms with Gasteiger partial charge in [-0.25, -0.2) is 0 Å². The van der Waals surface area contributed by atoms with E-state index in [-0.39, 0.29) is 24.0 Å². The number of thioether (sulfide) groups is 2. The summed E-state index contributed by atoms with van der Waals surface area (Å²) in [5.41, 5.74) is 6.02. The average Bonchev–Trinajstić information content (AvgIpc) is 2.38. The minimum absolute atomic E-state index is 0. The monoisotopic (exact) mass is 387 g/mol. The van der Waals surface area contributed by atoms with Crippen LogP contribution in [-0.2, 0) is 0 Å². The molecule has 2 fully saturated rings. The molecule has 2 aliphatic rings. The highest BCUT2D eigenvalue weighted by Gasteiger charge is 2.15. The van der Waals surface area contributed by atoms with Crippen molar-refractivity contribution >= 4 is 53.5 Å². The number of halogens is 1. The second-order valence-corrected chi connectivity index (χ2v) is 6.92. The van der Waals surface area contributed by atoms with E-state index in [2.05, 4.69) is 21.7 Å². The van der Waals surface area contributed by atoms with Gasteiger partial charge in [-0.15, -0.1) is 24.0 Å². The summed E-state index contributed by atoms with van der Waals surface area (Å²) in [7, 11) is 0. The molecule has 2 heterocycles. The van der Waals surface area contributed by atoms with Gasteiger partial charge in [0.05, 0.1) is 6.54 Å². The number of nitrogens with two attached hydrogens (primary N) is 1. The van der Waals surface area contributed by atoms with E-state index < -0.39 is 0 Å². The van der Waals surface area contributed by atoms with Gasteiger partial charge >= 0.3 is 0 Å². The third-order valence-electron chi connectivity index (χ3n) is 3.07. The Kier molecular flexibility index (Phi) is 8.10. The molecule has 1 atom stereocenters. The average molecular weight is 387 g/mol. The Bertz CT molecular complexity index is 239. The van der Waals surface area contributed by atoms with Gasteiger partial charge in [0.15, 0.2) is 5.96 Å². The zero-order valence-corrected chi connectivity index (χ0v) is 14.1. The number of hydrogen-bond donors (Lipinski definition) is 1. The number of rotatable bonds is 2. The normalized spacial score (nSPS) is 26.5. The van der Waals surface area contributed by atoms with Crippen LogP contribution >= 0.6 is 47.5 Å². The molecule has 2 aliphatic heterocycles. The molecule has 3 nitrogen and oxygen atoms in total. The highest BCUT2D eigenvalue weighted by Crippen LogP contribution is 2.25. The Labute approximate surface area is 130 Å². The molecule has 100 valence electrons. The van der Waals surface area contributed by atoms with Gasteiger partial charge in [-0.05, 0) is 18.6 Å². The van der Waals surface area contributed by atoms with Gasteiger partial charge in [-0.3, -0.25) is 4.99 Å². The second-order valence-electron chi connectivity index (χ2n) is 4.29. The lowest BCUT2D eigenvalue weighted by molar-refractivity contribution is 0.455. The van der Waals surface area contributed by atoms with E-state index in [1.165, 1.54) is 36.5 Å². The molecule has 0 amide bonds. The lowest BCUT2D eigenvalue weighted by Gasteiger charge is -2.28. The highest BCUT2D eigenvalue weighted by atomic mass is 127. The van der Waals surface area contributed by atoms with E-state index in [1.54, 1.807) is 0 Å². The van der Waals surface area contributed by atoms with Crippen LogP contribution in [0.3, 0.4) is 0 Å². The van der Waals surface area contributed by atoms with Crippen molar-refractivity contribution in [3.63, 3.8) is 0 Å². The molecular weight excluding hydrogens is 365 g/mol. The van der Waals surface area contributed by atoms with E-state index in [0.717, 1.165) is 25.6 Å². The van der Waals surface area contributed by atoms with Crippen LogP contribution in [0.1, 0.15) is 19.3 Å². The van der Waals surface area contributed by atoms with E-state index in [9.17, 15) is 0 Å². The number of nitrogens with zero attached hydrogens (tertiary/aromatic N) is 2. The van der Waals surface area contributed by atoms with E-state index in [0.29, 0.717) is 5.25 Å². The van der Waals surface area contributed by atoms with Crippen molar-refractivity contribution in [1.29, 1.82) is 0 Å². The maximum atomic E-state index is 6.02. The van der Waals surface area contributed by atoms with Gasteiger partial charge in [0.25, 0.3) is 0 Å². The molecule has 2 rings (SSSR count). The van der Waals surface area contributed by atoms with Crippen molar-refractivity contribution in [2.24, 2.45) is 10.7 Å². The molecule has 2 N–H and O–H groups in total. The first-order valence-electron chi connectivity index (χ1n) is 6.10. The maximum Gasteiger partial charge on any atom is 0.191 e. The van der Waals surface area contributed by atoms with Crippen molar-refractivity contribution in [3.05, 3.63) is 0 Å². The Hall–Kier alpha value is 0.700. The Balaban J connectivity index is 0.00000144. The highest BCUT2D eigenvalue weighted by molar-refractivity contribution is 14.0. The molecule has 0 saturated carbocycles. The quantitative estimate of drug-likeness (QED) is 0.448. The van der Waals surface area contributed by atoms with Crippen LogP contribution in [0.15, 0.2) is 4.99 Å². The summed E-state index contributed by atoms with van der Waals surface area (Å²) < 4.78 is 0. The minimum Gasteiger partial charge on any atom is -0.370 e. The molecule has 0 spiro atoms. The number of aliphatic imine (C=N–C) groups is 1. The molecule has 17 heavy (non-hydrogen) atoms. The topological polar surface area (TPSA) is 41.6 Å². The van der Waals surface area contributed by atoms with Gasteiger partial charge in [0.1, 0.15) is 0 Å². The van der Waals surface area contributed by atoms with Crippen LogP contribution in [0.5, 0.6) is 0 Å². The first-order valence-corrected chi connectivity index (χ1v) is 8.31. The molecule has 2 saturated heterocycles. The van der Waals surface area contributed by atoms with Crippen molar-refractivity contribution in [1.82, 2.24) is 4.90 Å². The fourth-order valence-electron chi connectivity index (χ4n) is 2.04. The Morgan fingerprint density at radius 2 is 2.00 bits per heavy atom. The smallest absolute Gasteiger partial charge is 0.191 e. The summed E-state index contributed by atoms with van der Waals surface area (Å²) >= 11 is 4.07. The number of guanidine groups is 1. The zero-order chi connectivity index (χ0) is 11.2. The fraction of sp³-hybridized carbons (Fsp3) is 0.909.